The molecule has 38 heavy (non-hydrogen) atoms. The summed E-state index contributed by atoms with van der Waals surface area (Å²) in [5.74, 6) is 0.839. The minimum Gasteiger partial charge on any atom is -0.494 e. The van der Waals surface area contributed by atoms with Crippen molar-refractivity contribution in [2.45, 2.75) is 56.8 Å². The van der Waals surface area contributed by atoms with Crippen LogP contribution in [0, 0.1) is 5.92 Å². The van der Waals surface area contributed by atoms with Crippen molar-refractivity contribution in [2.24, 2.45) is 5.92 Å². The molecule has 0 aliphatic heterocycles. The topological polar surface area (TPSA) is 90.4 Å². The summed E-state index contributed by atoms with van der Waals surface area (Å²) >= 11 is 0. The predicted octanol–water partition coefficient (Wildman–Crippen LogP) is 4.82. The second kappa shape index (κ2) is 11.8. The Bertz CT molecular complexity index is 1270. The zero-order valence-corrected chi connectivity index (χ0v) is 21.9. The van der Waals surface area contributed by atoms with Crippen LogP contribution in [0.4, 0.5) is 0 Å². The molecule has 198 valence electrons. The van der Waals surface area contributed by atoms with E-state index in [1.165, 1.54) is 24.6 Å². The van der Waals surface area contributed by atoms with E-state index in [2.05, 4.69) is 33.5 Å². The van der Waals surface area contributed by atoms with E-state index in [1.807, 2.05) is 24.3 Å². The first-order chi connectivity index (χ1) is 18.6. The molecule has 7 nitrogen and oxygen atoms in total. The lowest BCUT2D eigenvalue weighted by Gasteiger charge is -2.37. The quantitative estimate of drug-likeness (QED) is 0.326. The third-order valence-electron chi connectivity index (χ3n) is 8.10. The van der Waals surface area contributed by atoms with Crippen LogP contribution in [0.3, 0.4) is 0 Å². The molecule has 2 aliphatic rings. The summed E-state index contributed by atoms with van der Waals surface area (Å²) in [7, 11) is 1.48. The molecule has 7 heteroatoms. The lowest BCUT2D eigenvalue weighted by atomic mass is 9.67. The zero-order valence-electron chi connectivity index (χ0n) is 21.9. The molecule has 2 aromatic carbocycles. The summed E-state index contributed by atoms with van der Waals surface area (Å²) < 4.78 is 11.0. The van der Waals surface area contributed by atoms with Crippen LogP contribution in [0.2, 0.25) is 0 Å². The van der Waals surface area contributed by atoms with Crippen molar-refractivity contribution in [1.29, 1.82) is 0 Å². The Labute approximate surface area is 224 Å². The van der Waals surface area contributed by atoms with Crippen LogP contribution < -0.4 is 10.1 Å². The summed E-state index contributed by atoms with van der Waals surface area (Å²) in [6, 6.07) is 14.4. The molecule has 0 radical (unpaired) electrons. The van der Waals surface area contributed by atoms with Gasteiger partial charge < -0.3 is 14.8 Å². The fourth-order valence-corrected chi connectivity index (χ4v) is 6.00. The SMILES string of the molecule is COC(=O)C1CCC2(CCc3ccc(OCCCNC(=O)Cc4cccc(-c5cncnc5)c4)cc32)CC1. The number of carbonyl (C=O) groups is 2. The largest absolute Gasteiger partial charge is 0.494 e. The molecule has 1 heterocycles. The highest BCUT2D eigenvalue weighted by molar-refractivity contribution is 5.79. The minimum atomic E-state index is -0.0712. The highest BCUT2D eigenvalue weighted by Gasteiger charge is 2.43. The van der Waals surface area contributed by atoms with Crippen molar-refractivity contribution in [1.82, 2.24) is 15.3 Å². The molecule has 1 aromatic heterocycles. The van der Waals surface area contributed by atoms with Crippen LogP contribution >= 0.6 is 0 Å². The number of aryl methyl sites for hydroxylation is 1. The second-order valence-electron chi connectivity index (χ2n) is 10.5. The Morgan fingerprint density at radius 1 is 1.03 bits per heavy atom. The maximum absolute atomic E-state index is 12.5. The van der Waals surface area contributed by atoms with Gasteiger partial charge in [-0.3, -0.25) is 9.59 Å². The van der Waals surface area contributed by atoms with Gasteiger partial charge in [0.05, 0.1) is 26.1 Å². The molecule has 1 N–H and O–H groups in total. The van der Waals surface area contributed by atoms with E-state index in [0.717, 1.165) is 67.4 Å². The Balaban J connectivity index is 1.07. The maximum atomic E-state index is 12.5. The van der Waals surface area contributed by atoms with Crippen LogP contribution in [0.25, 0.3) is 11.1 Å². The molecule has 1 spiro atoms. The average Bonchev–Trinajstić information content (AvgIpc) is 3.30. The second-order valence-corrected chi connectivity index (χ2v) is 10.5. The van der Waals surface area contributed by atoms with E-state index in [9.17, 15) is 9.59 Å². The van der Waals surface area contributed by atoms with Gasteiger partial charge in [0.25, 0.3) is 0 Å². The van der Waals surface area contributed by atoms with E-state index in [-0.39, 0.29) is 23.2 Å². The number of nitrogens with one attached hydrogen (secondary N) is 1. The molecule has 1 fully saturated rings. The molecule has 1 saturated carbocycles. The fourth-order valence-electron chi connectivity index (χ4n) is 6.00. The molecular weight excluding hydrogens is 478 g/mol. The highest BCUT2D eigenvalue weighted by atomic mass is 16.5. The van der Waals surface area contributed by atoms with Gasteiger partial charge in [0.15, 0.2) is 0 Å². The smallest absolute Gasteiger partial charge is 0.308 e. The number of fused-ring (bicyclic) bond motifs is 2. The van der Waals surface area contributed by atoms with Crippen molar-refractivity contribution in [3.8, 4) is 16.9 Å². The number of esters is 1. The van der Waals surface area contributed by atoms with E-state index in [4.69, 9.17) is 9.47 Å². The summed E-state index contributed by atoms with van der Waals surface area (Å²) in [5.41, 5.74) is 5.85. The number of ether oxygens (including phenoxy) is 2. The maximum Gasteiger partial charge on any atom is 0.308 e. The number of carbonyl (C=O) groups excluding carboxylic acids is 2. The van der Waals surface area contributed by atoms with Gasteiger partial charge in [-0.1, -0.05) is 30.3 Å². The minimum absolute atomic E-state index is 0.00603. The van der Waals surface area contributed by atoms with Gasteiger partial charge in [-0.25, -0.2) is 9.97 Å². The van der Waals surface area contributed by atoms with Gasteiger partial charge in [-0.05, 0) is 84.7 Å². The average molecular weight is 514 g/mol. The van der Waals surface area contributed by atoms with Crippen LogP contribution in [0.1, 0.15) is 55.2 Å². The van der Waals surface area contributed by atoms with Gasteiger partial charge >= 0.3 is 5.97 Å². The highest BCUT2D eigenvalue weighted by Crippen LogP contribution is 2.50. The summed E-state index contributed by atoms with van der Waals surface area (Å²) in [6.07, 6.45) is 12.2. The Kier molecular flexibility index (Phi) is 8.01. The van der Waals surface area contributed by atoms with Gasteiger partial charge in [0.2, 0.25) is 5.91 Å². The molecule has 1 amide bonds. The number of nitrogens with zero attached hydrogens (tertiary/aromatic N) is 2. The van der Waals surface area contributed by atoms with Crippen LogP contribution in [0.15, 0.2) is 61.2 Å². The van der Waals surface area contributed by atoms with E-state index < -0.39 is 0 Å². The van der Waals surface area contributed by atoms with Crippen molar-refractivity contribution < 1.29 is 19.1 Å². The van der Waals surface area contributed by atoms with E-state index in [1.54, 1.807) is 12.4 Å². The van der Waals surface area contributed by atoms with Crippen molar-refractivity contribution >= 4 is 11.9 Å². The number of hydrogen-bond acceptors (Lipinski definition) is 6. The Morgan fingerprint density at radius 2 is 1.84 bits per heavy atom. The first-order valence-electron chi connectivity index (χ1n) is 13.5. The third kappa shape index (κ3) is 5.87. The number of aromatic nitrogens is 2. The summed E-state index contributed by atoms with van der Waals surface area (Å²) in [6.45, 7) is 1.11. The number of amides is 1. The summed E-state index contributed by atoms with van der Waals surface area (Å²) in [4.78, 5) is 32.6. The molecule has 2 aliphatic carbocycles. The third-order valence-corrected chi connectivity index (χ3v) is 8.10. The Morgan fingerprint density at radius 3 is 2.63 bits per heavy atom. The van der Waals surface area contributed by atoms with E-state index >= 15 is 0 Å². The van der Waals surface area contributed by atoms with Crippen LogP contribution in [-0.4, -0.2) is 42.1 Å². The number of hydrogen-bond donors (Lipinski definition) is 1. The van der Waals surface area contributed by atoms with Gasteiger partial charge in [-0.2, -0.15) is 0 Å². The lowest BCUT2D eigenvalue weighted by molar-refractivity contribution is -0.147. The first kappa shape index (κ1) is 25.9. The zero-order chi connectivity index (χ0) is 26.4. The monoisotopic (exact) mass is 513 g/mol. The molecule has 0 atom stereocenters. The van der Waals surface area contributed by atoms with Gasteiger partial charge in [0, 0.05) is 24.5 Å². The molecule has 5 rings (SSSR count). The number of benzene rings is 2. The van der Waals surface area contributed by atoms with Crippen molar-refractivity contribution in [3.63, 3.8) is 0 Å². The van der Waals surface area contributed by atoms with Crippen molar-refractivity contribution in [2.75, 3.05) is 20.3 Å². The van der Waals surface area contributed by atoms with E-state index in [0.29, 0.717) is 19.6 Å². The molecule has 3 aromatic rings. The molecule has 0 saturated heterocycles. The lowest BCUT2D eigenvalue weighted by Crippen LogP contribution is -2.32. The summed E-state index contributed by atoms with van der Waals surface area (Å²) in [5, 5.41) is 3.00. The van der Waals surface area contributed by atoms with Crippen molar-refractivity contribution in [3.05, 3.63) is 77.9 Å². The normalized spacial score (nSPS) is 20.1. The standard InChI is InChI=1S/C31H35N3O4/c1-37-30(36)24-9-12-31(13-10-24)11-8-23-6-7-27(18-28(23)31)38-15-3-14-34-29(35)17-22-4-2-5-25(16-22)26-19-32-21-33-20-26/h2,4-7,16,18-21,24H,3,8-15,17H2,1H3,(H,34,35). The van der Waals surface area contributed by atoms with Gasteiger partial charge in [0.1, 0.15) is 12.1 Å². The van der Waals surface area contributed by atoms with Crippen LogP contribution in [0.5, 0.6) is 5.75 Å². The molecular formula is C31H35N3O4. The Hall–Kier alpha value is -3.74. The predicted molar refractivity (Wildman–Crippen MR) is 145 cm³/mol. The fraction of sp³-hybridized carbons (Fsp3) is 0.419. The first-order valence-corrected chi connectivity index (χ1v) is 13.5. The number of rotatable bonds is 9. The van der Waals surface area contributed by atoms with Gasteiger partial charge in [-0.15, -0.1) is 0 Å². The van der Waals surface area contributed by atoms with Crippen LogP contribution in [-0.2, 0) is 32.6 Å². The molecule has 0 unspecified atom stereocenters. The molecule has 0 bridgehead atoms. The number of methoxy groups -OCH3 is 1.